The van der Waals surface area contributed by atoms with Crippen molar-refractivity contribution in [2.45, 2.75) is 32.6 Å². The molecule has 0 aliphatic carbocycles. The Balaban J connectivity index is 1.70. The molecule has 1 atom stereocenters. The van der Waals surface area contributed by atoms with Crippen LogP contribution in [0.15, 0.2) is 42.7 Å². The van der Waals surface area contributed by atoms with Gasteiger partial charge in [-0.25, -0.2) is 9.59 Å². The molecule has 0 bridgehead atoms. The Hall–Kier alpha value is -3.54. The lowest BCUT2D eigenvalue weighted by Crippen LogP contribution is -2.02. The van der Waals surface area contributed by atoms with Crippen LogP contribution in [0, 0.1) is 6.92 Å². The van der Waals surface area contributed by atoms with Gasteiger partial charge in [-0.05, 0) is 72.7 Å². The molecule has 0 aliphatic rings. The van der Waals surface area contributed by atoms with Gasteiger partial charge in [-0.1, -0.05) is 6.92 Å². The Morgan fingerprint density at radius 2 is 1.61 bits per heavy atom. The molecule has 2 aromatic carbocycles. The first-order chi connectivity index (χ1) is 14.7. The molecule has 0 fully saturated rings. The number of hydrogen-bond acceptors (Lipinski definition) is 2. The highest BCUT2D eigenvalue weighted by Crippen LogP contribution is 2.33. The first-order valence-corrected chi connectivity index (χ1v) is 10.3. The van der Waals surface area contributed by atoms with E-state index in [0.29, 0.717) is 5.56 Å². The molecule has 4 aromatic rings. The SMILES string of the molecule is Cc1cn(C)c2c(CCC(C)c3cn(C)c4ccc(C(=O)O)cc34)cc(C(=O)O)cc12. The number of benzene rings is 2. The van der Waals surface area contributed by atoms with Crippen molar-refractivity contribution in [2.75, 3.05) is 0 Å². The second-order valence-corrected chi connectivity index (χ2v) is 8.43. The van der Waals surface area contributed by atoms with Crippen molar-refractivity contribution < 1.29 is 19.8 Å². The number of aryl methyl sites for hydroxylation is 4. The van der Waals surface area contributed by atoms with E-state index in [2.05, 4.69) is 17.7 Å². The van der Waals surface area contributed by atoms with Crippen molar-refractivity contribution in [3.63, 3.8) is 0 Å². The third-order valence-corrected chi connectivity index (χ3v) is 6.25. The molecule has 6 nitrogen and oxygen atoms in total. The molecule has 0 aliphatic heterocycles. The van der Waals surface area contributed by atoms with E-state index >= 15 is 0 Å². The summed E-state index contributed by atoms with van der Waals surface area (Å²) in [5, 5.41) is 20.9. The van der Waals surface area contributed by atoms with E-state index in [-0.39, 0.29) is 11.5 Å². The van der Waals surface area contributed by atoms with Gasteiger partial charge in [-0.15, -0.1) is 0 Å². The maximum absolute atomic E-state index is 11.7. The highest BCUT2D eigenvalue weighted by molar-refractivity contribution is 5.97. The Bertz CT molecular complexity index is 1340. The molecule has 0 radical (unpaired) electrons. The maximum atomic E-state index is 11.7. The molecule has 2 aromatic heterocycles. The molecule has 0 spiro atoms. The van der Waals surface area contributed by atoms with Crippen LogP contribution in [0.4, 0.5) is 0 Å². The fourth-order valence-electron chi connectivity index (χ4n) is 4.63. The van der Waals surface area contributed by atoms with E-state index in [9.17, 15) is 19.8 Å². The summed E-state index contributed by atoms with van der Waals surface area (Å²) in [5.74, 6) is -1.68. The number of fused-ring (bicyclic) bond motifs is 2. The molecule has 160 valence electrons. The minimum atomic E-state index is -0.934. The van der Waals surface area contributed by atoms with Gasteiger partial charge in [0.15, 0.2) is 0 Å². The van der Waals surface area contributed by atoms with E-state index in [0.717, 1.165) is 51.3 Å². The number of carboxylic acids is 2. The Morgan fingerprint density at radius 3 is 2.29 bits per heavy atom. The van der Waals surface area contributed by atoms with Crippen LogP contribution in [-0.2, 0) is 20.5 Å². The topological polar surface area (TPSA) is 84.5 Å². The largest absolute Gasteiger partial charge is 0.478 e. The highest BCUT2D eigenvalue weighted by atomic mass is 16.4. The molecule has 4 rings (SSSR count). The van der Waals surface area contributed by atoms with Crippen LogP contribution >= 0.6 is 0 Å². The summed E-state index contributed by atoms with van der Waals surface area (Å²) in [7, 11) is 3.95. The zero-order valence-corrected chi connectivity index (χ0v) is 18.1. The second kappa shape index (κ2) is 7.61. The number of carbonyl (C=O) groups is 2. The number of aromatic nitrogens is 2. The minimum Gasteiger partial charge on any atom is -0.478 e. The van der Waals surface area contributed by atoms with Gasteiger partial charge >= 0.3 is 11.9 Å². The molecule has 1 unspecified atom stereocenters. The summed E-state index contributed by atoms with van der Waals surface area (Å²) >= 11 is 0. The quantitative estimate of drug-likeness (QED) is 0.456. The fraction of sp³-hybridized carbons (Fsp3) is 0.280. The smallest absolute Gasteiger partial charge is 0.335 e. The van der Waals surface area contributed by atoms with Crippen molar-refractivity contribution >= 4 is 33.7 Å². The van der Waals surface area contributed by atoms with Crippen molar-refractivity contribution in [3.8, 4) is 0 Å². The molecule has 2 heterocycles. The molecule has 0 saturated heterocycles. The Kier molecular flexibility index (Phi) is 5.09. The first kappa shape index (κ1) is 20.7. The van der Waals surface area contributed by atoms with Crippen molar-refractivity contribution in [1.29, 1.82) is 0 Å². The van der Waals surface area contributed by atoms with Gasteiger partial charge in [-0.2, -0.15) is 0 Å². The summed E-state index contributed by atoms with van der Waals surface area (Å²) in [4.78, 5) is 23.1. The maximum Gasteiger partial charge on any atom is 0.335 e. The molecule has 0 amide bonds. The lowest BCUT2D eigenvalue weighted by Gasteiger charge is -2.13. The predicted molar refractivity (Wildman–Crippen MR) is 121 cm³/mol. The molecule has 6 heteroatoms. The fourth-order valence-corrected chi connectivity index (χ4v) is 4.63. The van der Waals surface area contributed by atoms with Crippen LogP contribution in [0.5, 0.6) is 0 Å². The third-order valence-electron chi connectivity index (χ3n) is 6.25. The lowest BCUT2D eigenvalue weighted by molar-refractivity contribution is 0.0686. The number of hydrogen-bond donors (Lipinski definition) is 2. The van der Waals surface area contributed by atoms with E-state index in [1.165, 1.54) is 0 Å². The lowest BCUT2D eigenvalue weighted by atomic mass is 9.92. The average Bonchev–Trinajstić information content (AvgIpc) is 3.21. The molecular formula is C25H26N2O4. The summed E-state index contributed by atoms with van der Waals surface area (Å²) in [6.07, 6.45) is 5.64. The zero-order valence-electron chi connectivity index (χ0n) is 18.1. The van der Waals surface area contributed by atoms with Gasteiger partial charge in [0.25, 0.3) is 0 Å². The number of rotatable bonds is 6. The Labute approximate surface area is 180 Å². The third kappa shape index (κ3) is 3.58. The van der Waals surface area contributed by atoms with Crippen LogP contribution < -0.4 is 0 Å². The second-order valence-electron chi connectivity index (χ2n) is 8.43. The van der Waals surface area contributed by atoms with Gasteiger partial charge in [0.2, 0.25) is 0 Å². The summed E-state index contributed by atoms with van der Waals surface area (Å²) in [5.41, 5.74) is 5.84. The highest BCUT2D eigenvalue weighted by Gasteiger charge is 2.18. The van der Waals surface area contributed by atoms with Gasteiger partial charge in [0.05, 0.1) is 16.6 Å². The van der Waals surface area contributed by atoms with E-state index in [1.807, 2.05) is 37.8 Å². The predicted octanol–water partition coefficient (Wildman–Crippen LogP) is 5.11. The van der Waals surface area contributed by atoms with Crippen molar-refractivity contribution in [1.82, 2.24) is 9.13 Å². The van der Waals surface area contributed by atoms with Gasteiger partial charge in [-0.3, -0.25) is 0 Å². The normalized spacial score (nSPS) is 12.5. The number of aromatic carboxylic acids is 2. The first-order valence-electron chi connectivity index (χ1n) is 10.3. The van der Waals surface area contributed by atoms with Gasteiger partial charge in [0.1, 0.15) is 0 Å². The molecule has 31 heavy (non-hydrogen) atoms. The zero-order chi connectivity index (χ0) is 22.4. The van der Waals surface area contributed by atoms with Crippen molar-refractivity contribution in [3.05, 3.63) is 70.5 Å². The van der Waals surface area contributed by atoms with Crippen LogP contribution in [0.2, 0.25) is 0 Å². The van der Waals surface area contributed by atoms with Gasteiger partial charge < -0.3 is 19.3 Å². The summed E-state index contributed by atoms with van der Waals surface area (Å²) < 4.78 is 4.09. The van der Waals surface area contributed by atoms with Crippen molar-refractivity contribution in [2.24, 2.45) is 14.1 Å². The standard InChI is InChI=1S/C25H26N2O4/c1-14(21-13-26(3)22-8-7-17(24(28)29)10-20(21)22)5-6-16-9-18(25(30)31)11-19-15(2)12-27(4)23(16)19/h7-14H,5-6H2,1-4H3,(H,28,29)(H,30,31). The number of nitrogens with zero attached hydrogens (tertiary/aromatic N) is 2. The monoisotopic (exact) mass is 418 g/mol. The van der Waals surface area contributed by atoms with Crippen LogP contribution in [0.3, 0.4) is 0 Å². The van der Waals surface area contributed by atoms with Crippen LogP contribution in [0.25, 0.3) is 21.8 Å². The minimum absolute atomic E-state index is 0.178. The van der Waals surface area contributed by atoms with E-state index in [4.69, 9.17) is 0 Å². The summed E-state index contributed by atoms with van der Waals surface area (Å²) in [6, 6.07) is 8.75. The van der Waals surface area contributed by atoms with E-state index in [1.54, 1.807) is 24.3 Å². The molecular weight excluding hydrogens is 392 g/mol. The summed E-state index contributed by atoms with van der Waals surface area (Å²) in [6.45, 7) is 4.13. The van der Waals surface area contributed by atoms with Crippen LogP contribution in [0.1, 0.15) is 56.7 Å². The Morgan fingerprint density at radius 1 is 0.935 bits per heavy atom. The van der Waals surface area contributed by atoms with E-state index < -0.39 is 11.9 Å². The van der Waals surface area contributed by atoms with Crippen LogP contribution in [-0.4, -0.2) is 31.3 Å². The average molecular weight is 418 g/mol. The molecule has 0 saturated carbocycles. The molecule has 2 N–H and O–H groups in total. The number of carboxylic acid groups (broad SMARTS) is 2. The van der Waals surface area contributed by atoms with Gasteiger partial charge in [0, 0.05) is 42.8 Å².